The Morgan fingerprint density at radius 2 is 2.05 bits per heavy atom. The fourth-order valence-corrected chi connectivity index (χ4v) is 5.06. The Kier molecular flexibility index (Phi) is 2.48. The van der Waals surface area contributed by atoms with E-state index in [1.165, 1.54) is 5.56 Å². The minimum atomic E-state index is -0.891. The predicted octanol–water partition coefficient (Wildman–Crippen LogP) is 1.22. The first-order chi connectivity index (χ1) is 10.7. The van der Waals surface area contributed by atoms with E-state index in [1.807, 2.05) is 12.1 Å². The molecule has 3 unspecified atom stereocenters. The number of aliphatic hydroxyl groups excluding tert-OH is 1. The molecule has 1 aromatic carbocycles. The third kappa shape index (κ3) is 1.48. The number of aliphatic hydroxyl groups is 1. The van der Waals surface area contributed by atoms with Crippen molar-refractivity contribution in [2.24, 2.45) is 0 Å². The number of Topliss-reactive ketones (excluding diaryl/α,β-unsaturated/α-hetero) is 1. The van der Waals surface area contributed by atoms with Gasteiger partial charge in [0.25, 0.3) is 0 Å². The molecule has 1 N–H and O–H groups in total. The molecule has 0 radical (unpaired) electrons. The molecule has 0 aromatic heterocycles. The van der Waals surface area contributed by atoms with Crippen molar-refractivity contribution in [2.75, 3.05) is 19.9 Å². The smallest absolute Gasteiger partial charge is 0.231 e. The number of ketones is 1. The van der Waals surface area contributed by atoms with Gasteiger partial charge in [0.1, 0.15) is 6.10 Å². The van der Waals surface area contributed by atoms with E-state index in [-0.39, 0.29) is 24.0 Å². The lowest BCUT2D eigenvalue weighted by molar-refractivity contribution is -0.124. The first kappa shape index (κ1) is 12.9. The van der Waals surface area contributed by atoms with Crippen LogP contribution >= 0.6 is 0 Å². The summed E-state index contributed by atoms with van der Waals surface area (Å²) >= 11 is 0. The number of ether oxygens (including phenoxy) is 2. The second kappa shape index (κ2) is 4.24. The van der Waals surface area contributed by atoms with Crippen LogP contribution in [0.2, 0.25) is 0 Å². The van der Waals surface area contributed by atoms with Gasteiger partial charge in [-0.15, -0.1) is 0 Å². The summed E-state index contributed by atoms with van der Waals surface area (Å²) in [5, 5.41) is 10.6. The van der Waals surface area contributed by atoms with Crippen LogP contribution in [0.5, 0.6) is 11.5 Å². The van der Waals surface area contributed by atoms with E-state index in [1.54, 1.807) is 0 Å². The standard InChI is InChI=1S/C17H19NO4/c19-12-8-17-3-1-4-18(17)5-2-10-6-13-14(22-9-21-13)7-11(10)15(17)16(12)20/h6-7,15-16,20H,1-5,8-9H2. The number of hydrogen-bond donors (Lipinski definition) is 1. The molecule has 1 aromatic rings. The molecule has 0 amide bonds. The quantitative estimate of drug-likeness (QED) is 0.781. The highest BCUT2D eigenvalue weighted by Crippen LogP contribution is 2.54. The van der Waals surface area contributed by atoms with E-state index in [0.717, 1.165) is 49.4 Å². The molecule has 1 spiro atoms. The van der Waals surface area contributed by atoms with Gasteiger partial charge in [-0.05, 0) is 49.1 Å². The minimum absolute atomic E-state index is 0.0117. The van der Waals surface area contributed by atoms with Crippen molar-refractivity contribution in [3.05, 3.63) is 23.3 Å². The molecular weight excluding hydrogens is 282 g/mol. The SMILES string of the molecule is O=C1CC23CCCN2CCc2cc4c(cc2C3C1O)OCO4. The highest BCUT2D eigenvalue weighted by atomic mass is 16.7. The van der Waals surface area contributed by atoms with Crippen LogP contribution < -0.4 is 9.47 Å². The molecule has 0 bridgehead atoms. The van der Waals surface area contributed by atoms with Gasteiger partial charge in [-0.1, -0.05) is 0 Å². The molecule has 5 rings (SSSR count). The van der Waals surface area contributed by atoms with Crippen molar-refractivity contribution in [3.63, 3.8) is 0 Å². The van der Waals surface area contributed by atoms with E-state index in [9.17, 15) is 9.90 Å². The Morgan fingerprint density at radius 1 is 1.23 bits per heavy atom. The number of benzene rings is 1. The van der Waals surface area contributed by atoms with Crippen LogP contribution in [-0.4, -0.2) is 47.3 Å². The Balaban J connectivity index is 1.72. The Hall–Kier alpha value is -1.59. The topological polar surface area (TPSA) is 59.0 Å². The van der Waals surface area contributed by atoms with E-state index in [2.05, 4.69) is 4.90 Å². The zero-order valence-corrected chi connectivity index (χ0v) is 12.4. The maximum absolute atomic E-state index is 12.3. The van der Waals surface area contributed by atoms with Crippen LogP contribution in [-0.2, 0) is 11.2 Å². The van der Waals surface area contributed by atoms with E-state index < -0.39 is 6.10 Å². The monoisotopic (exact) mass is 301 g/mol. The molecule has 4 aliphatic rings. The summed E-state index contributed by atoms with van der Waals surface area (Å²) in [5.41, 5.74) is 2.10. The fourth-order valence-electron chi connectivity index (χ4n) is 5.06. The second-order valence-electron chi connectivity index (χ2n) is 6.91. The zero-order valence-electron chi connectivity index (χ0n) is 12.4. The lowest BCUT2D eigenvalue weighted by Crippen LogP contribution is -2.46. The highest BCUT2D eigenvalue weighted by Gasteiger charge is 2.59. The second-order valence-corrected chi connectivity index (χ2v) is 6.91. The van der Waals surface area contributed by atoms with Crippen LogP contribution in [0.15, 0.2) is 12.1 Å². The molecule has 1 saturated carbocycles. The normalized spacial score (nSPS) is 36.0. The Morgan fingerprint density at radius 3 is 2.91 bits per heavy atom. The summed E-state index contributed by atoms with van der Waals surface area (Å²) in [6, 6.07) is 4.05. The van der Waals surface area contributed by atoms with Crippen molar-refractivity contribution < 1.29 is 19.4 Å². The molecule has 1 aliphatic carbocycles. The lowest BCUT2D eigenvalue weighted by Gasteiger charge is -2.38. The van der Waals surface area contributed by atoms with Gasteiger partial charge in [0.05, 0.1) is 0 Å². The van der Waals surface area contributed by atoms with Crippen molar-refractivity contribution in [3.8, 4) is 11.5 Å². The van der Waals surface area contributed by atoms with E-state index in [4.69, 9.17) is 9.47 Å². The third-order valence-corrected chi connectivity index (χ3v) is 5.99. The summed E-state index contributed by atoms with van der Waals surface area (Å²) in [5.74, 6) is 1.39. The zero-order chi connectivity index (χ0) is 14.9. The van der Waals surface area contributed by atoms with Crippen LogP contribution in [0, 0.1) is 0 Å². The van der Waals surface area contributed by atoms with Gasteiger partial charge in [0.2, 0.25) is 6.79 Å². The molecule has 5 nitrogen and oxygen atoms in total. The van der Waals surface area contributed by atoms with Gasteiger partial charge >= 0.3 is 0 Å². The molecular formula is C17H19NO4. The van der Waals surface area contributed by atoms with Gasteiger partial charge in [-0.3, -0.25) is 9.69 Å². The first-order valence-corrected chi connectivity index (χ1v) is 8.07. The summed E-state index contributed by atoms with van der Waals surface area (Å²) in [6.07, 6.45) is 2.63. The molecule has 1 saturated heterocycles. The third-order valence-electron chi connectivity index (χ3n) is 5.99. The summed E-state index contributed by atoms with van der Waals surface area (Å²) < 4.78 is 11.0. The van der Waals surface area contributed by atoms with Gasteiger partial charge in [0, 0.05) is 24.4 Å². The van der Waals surface area contributed by atoms with Crippen LogP contribution in [0.25, 0.3) is 0 Å². The number of carbonyl (C=O) groups is 1. The number of fused-ring (bicyclic) bond motifs is 3. The summed E-state index contributed by atoms with van der Waals surface area (Å²) in [6.45, 7) is 2.22. The first-order valence-electron chi connectivity index (χ1n) is 8.07. The summed E-state index contributed by atoms with van der Waals surface area (Å²) in [7, 11) is 0. The lowest BCUT2D eigenvalue weighted by atomic mass is 9.78. The average molecular weight is 301 g/mol. The van der Waals surface area contributed by atoms with Crippen LogP contribution in [0.4, 0.5) is 0 Å². The maximum atomic E-state index is 12.3. The van der Waals surface area contributed by atoms with Crippen molar-refractivity contribution in [1.82, 2.24) is 4.90 Å². The van der Waals surface area contributed by atoms with E-state index in [0.29, 0.717) is 6.42 Å². The van der Waals surface area contributed by atoms with Gasteiger partial charge < -0.3 is 14.6 Å². The van der Waals surface area contributed by atoms with Crippen LogP contribution in [0.1, 0.15) is 36.3 Å². The largest absolute Gasteiger partial charge is 0.454 e. The Labute approximate surface area is 128 Å². The molecule has 116 valence electrons. The molecule has 3 aliphatic heterocycles. The maximum Gasteiger partial charge on any atom is 0.231 e. The Bertz CT molecular complexity index is 673. The molecule has 5 heteroatoms. The fraction of sp³-hybridized carbons (Fsp3) is 0.588. The molecule has 3 atom stereocenters. The van der Waals surface area contributed by atoms with Gasteiger partial charge in [0.15, 0.2) is 17.3 Å². The minimum Gasteiger partial charge on any atom is -0.454 e. The molecule has 3 heterocycles. The summed E-state index contributed by atoms with van der Waals surface area (Å²) in [4.78, 5) is 14.7. The average Bonchev–Trinajstić information content (AvgIpc) is 3.15. The number of rotatable bonds is 0. The van der Waals surface area contributed by atoms with Crippen LogP contribution in [0.3, 0.4) is 0 Å². The number of carbonyl (C=O) groups excluding carboxylic acids is 1. The van der Waals surface area contributed by atoms with Crippen molar-refractivity contribution in [2.45, 2.75) is 43.2 Å². The molecule has 2 fully saturated rings. The van der Waals surface area contributed by atoms with Gasteiger partial charge in [-0.2, -0.15) is 0 Å². The predicted molar refractivity (Wildman–Crippen MR) is 78.2 cm³/mol. The highest BCUT2D eigenvalue weighted by molar-refractivity contribution is 5.89. The number of hydrogen-bond acceptors (Lipinski definition) is 5. The van der Waals surface area contributed by atoms with E-state index >= 15 is 0 Å². The molecule has 22 heavy (non-hydrogen) atoms. The van der Waals surface area contributed by atoms with Gasteiger partial charge in [-0.25, -0.2) is 0 Å². The van der Waals surface area contributed by atoms with Crippen molar-refractivity contribution in [1.29, 1.82) is 0 Å². The van der Waals surface area contributed by atoms with Crippen molar-refractivity contribution >= 4 is 5.78 Å². The number of nitrogens with zero attached hydrogens (tertiary/aromatic N) is 1.